The van der Waals surface area contributed by atoms with Crippen LogP contribution in [0, 0.1) is 5.92 Å². The number of carbonyl (C=O) groups excluding carboxylic acids is 1. The first kappa shape index (κ1) is 16.8. The molecule has 1 saturated heterocycles. The summed E-state index contributed by atoms with van der Waals surface area (Å²) >= 11 is 0. The van der Waals surface area contributed by atoms with Crippen molar-refractivity contribution in [2.24, 2.45) is 5.92 Å². The van der Waals surface area contributed by atoms with E-state index in [1.165, 1.54) is 12.8 Å². The van der Waals surface area contributed by atoms with E-state index < -0.39 is 0 Å². The lowest BCUT2D eigenvalue weighted by Crippen LogP contribution is -2.38. The largest absolute Gasteiger partial charge is 0.497 e. The lowest BCUT2D eigenvalue weighted by molar-refractivity contribution is -0.120. The molecule has 0 bridgehead atoms. The summed E-state index contributed by atoms with van der Waals surface area (Å²) in [6, 6.07) is 7.65. The molecule has 1 amide bonds. The predicted molar refractivity (Wildman–Crippen MR) is 82.5 cm³/mol. The number of rotatable bonds is 5. The van der Waals surface area contributed by atoms with Gasteiger partial charge in [0.1, 0.15) is 5.75 Å². The van der Waals surface area contributed by atoms with Gasteiger partial charge in [0.15, 0.2) is 0 Å². The van der Waals surface area contributed by atoms with E-state index in [2.05, 4.69) is 10.6 Å². The molecule has 1 aromatic rings. The number of ether oxygens (including phenoxy) is 1. The number of piperidine rings is 1. The number of nitrogens with one attached hydrogen (secondary N) is 2. The third-order valence-corrected chi connectivity index (χ3v) is 3.49. The van der Waals surface area contributed by atoms with E-state index in [1.54, 1.807) is 7.11 Å². The van der Waals surface area contributed by atoms with Gasteiger partial charge in [-0.3, -0.25) is 4.79 Å². The summed E-state index contributed by atoms with van der Waals surface area (Å²) in [7, 11) is 1.63. The summed E-state index contributed by atoms with van der Waals surface area (Å²) in [5, 5.41) is 6.37. The Balaban J connectivity index is 0.00000200. The summed E-state index contributed by atoms with van der Waals surface area (Å²) < 4.78 is 5.15. The molecule has 1 aromatic carbocycles. The van der Waals surface area contributed by atoms with Gasteiger partial charge in [0, 0.05) is 6.54 Å². The van der Waals surface area contributed by atoms with Crippen LogP contribution in [-0.4, -0.2) is 32.7 Å². The Labute approximate surface area is 126 Å². The van der Waals surface area contributed by atoms with Crippen molar-refractivity contribution in [3.8, 4) is 5.75 Å². The Bertz CT molecular complexity index is 420. The fourth-order valence-electron chi connectivity index (χ4n) is 2.39. The molecule has 1 fully saturated rings. The third-order valence-electron chi connectivity index (χ3n) is 3.49. The minimum atomic E-state index is 0. The van der Waals surface area contributed by atoms with Crippen molar-refractivity contribution in [2.75, 3.05) is 26.7 Å². The highest BCUT2D eigenvalue weighted by Gasteiger charge is 2.13. The molecular weight excluding hydrogens is 276 g/mol. The number of hydrogen-bond acceptors (Lipinski definition) is 3. The summed E-state index contributed by atoms with van der Waals surface area (Å²) in [5.41, 5.74) is 0.985. The molecule has 0 aliphatic carbocycles. The highest BCUT2D eigenvalue weighted by Crippen LogP contribution is 2.13. The van der Waals surface area contributed by atoms with Crippen molar-refractivity contribution >= 4 is 18.3 Å². The summed E-state index contributed by atoms with van der Waals surface area (Å²) in [5.74, 6) is 1.45. The zero-order valence-electron chi connectivity index (χ0n) is 11.9. The molecule has 0 radical (unpaired) electrons. The van der Waals surface area contributed by atoms with E-state index >= 15 is 0 Å². The Morgan fingerprint density at radius 2 is 2.35 bits per heavy atom. The minimum Gasteiger partial charge on any atom is -0.497 e. The second-order valence-electron chi connectivity index (χ2n) is 5.04. The highest BCUT2D eigenvalue weighted by atomic mass is 35.5. The molecular formula is C15H23ClN2O2. The summed E-state index contributed by atoms with van der Waals surface area (Å²) in [6.07, 6.45) is 2.82. The molecule has 0 saturated carbocycles. The lowest BCUT2D eigenvalue weighted by atomic mass is 9.99. The molecule has 1 heterocycles. The average Bonchev–Trinajstić information content (AvgIpc) is 2.46. The van der Waals surface area contributed by atoms with Crippen LogP contribution in [0.1, 0.15) is 18.4 Å². The van der Waals surface area contributed by atoms with E-state index in [0.29, 0.717) is 12.3 Å². The Morgan fingerprint density at radius 3 is 3.05 bits per heavy atom. The van der Waals surface area contributed by atoms with Crippen molar-refractivity contribution in [1.82, 2.24) is 10.6 Å². The zero-order chi connectivity index (χ0) is 13.5. The molecule has 0 spiro atoms. The lowest BCUT2D eigenvalue weighted by Gasteiger charge is -2.22. The topological polar surface area (TPSA) is 50.4 Å². The third kappa shape index (κ3) is 5.39. The second-order valence-corrected chi connectivity index (χ2v) is 5.04. The predicted octanol–water partition coefficient (Wildman–Crippen LogP) is 1.78. The first-order valence-corrected chi connectivity index (χ1v) is 6.88. The first-order valence-electron chi connectivity index (χ1n) is 6.88. The smallest absolute Gasteiger partial charge is 0.224 e. The van der Waals surface area contributed by atoms with Crippen LogP contribution >= 0.6 is 12.4 Å². The fraction of sp³-hybridized carbons (Fsp3) is 0.533. The molecule has 1 aliphatic heterocycles. The number of carbonyl (C=O) groups is 1. The molecule has 5 heteroatoms. The van der Waals surface area contributed by atoms with E-state index in [0.717, 1.165) is 30.9 Å². The van der Waals surface area contributed by atoms with Gasteiger partial charge in [0.25, 0.3) is 0 Å². The van der Waals surface area contributed by atoms with E-state index in [-0.39, 0.29) is 18.3 Å². The Morgan fingerprint density at radius 1 is 1.50 bits per heavy atom. The van der Waals surface area contributed by atoms with Crippen molar-refractivity contribution in [3.63, 3.8) is 0 Å². The monoisotopic (exact) mass is 298 g/mol. The van der Waals surface area contributed by atoms with Crippen LogP contribution in [0.2, 0.25) is 0 Å². The van der Waals surface area contributed by atoms with Crippen molar-refractivity contribution in [2.45, 2.75) is 19.3 Å². The number of halogens is 1. The van der Waals surface area contributed by atoms with Gasteiger partial charge in [-0.25, -0.2) is 0 Å². The maximum atomic E-state index is 11.9. The van der Waals surface area contributed by atoms with Crippen LogP contribution in [-0.2, 0) is 11.2 Å². The van der Waals surface area contributed by atoms with Gasteiger partial charge in [0.2, 0.25) is 5.91 Å². The van der Waals surface area contributed by atoms with Gasteiger partial charge in [-0.1, -0.05) is 12.1 Å². The quantitative estimate of drug-likeness (QED) is 0.871. The van der Waals surface area contributed by atoms with Crippen molar-refractivity contribution in [3.05, 3.63) is 29.8 Å². The maximum Gasteiger partial charge on any atom is 0.224 e. The van der Waals surface area contributed by atoms with Gasteiger partial charge >= 0.3 is 0 Å². The van der Waals surface area contributed by atoms with Crippen LogP contribution in [0.25, 0.3) is 0 Å². The fourth-order valence-corrected chi connectivity index (χ4v) is 2.39. The number of amides is 1. The van der Waals surface area contributed by atoms with Gasteiger partial charge in [0.05, 0.1) is 13.5 Å². The van der Waals surface area contributed by atoms with Gasteiger partial charge in [-0.05, 0) is 49.5 Å². The SMILES string of the molecule is COc1cccc(CC(=O)NCC2CCCNC2)c1.Cl. The summed E-state index contributed by atoms with van der Waals surface area (Å²) in [6.45, 7) is 2.89. The number of hydrogen-bond donors (Lipinski definition) is 2. The first-order chi connectivity index (χ1) is 9.28. The molecule has 1 unspecified atom stereocenters. The van der Waals surface area contributed by atoms with E-state index in [9.17, 15) is 4.79 Å². The number of methoxy groups -OCH3 is 1. The Kier molecular flexibility index (Phi) is 7.41. The van der Waals surface area contributed by atoms with Crippen molar-refractivity contribution in [1.29, 1.82) is 0 Å². The van der Waals surface area contributed by atoms with Gasteiger partial charge in [-0.2, -0.15) is 0 Å². The highest BCUT2D eigenvalue weighted by molar-refractivity contribution is 5.85. The molecule has 2 N–H and O–H groups in total. The van der Waals surface area contributed by atoms with Crippen LogP contribution in [0.15, 0.2) is 24.3 Å². The molecule has 1 aliphatic rings. The van der Waals surface area contributed by atoms with E-state index in [1.807, 2.05) is 24.3 Å². The van der Waals surface area contributed by atoms with Crippen LogP contribution < -0.4 is 15.4 Å². The molecule has 20 heavy (non-hydrogen) atoms. The second kappa shape index (κ2) is 8.82. The average molecular weight is 299 g/mol. The zero-order valence-corrected chi connectivity index (χ0v) is 12.7. The van der Waals surface area contributed by atoms with E-state index in [4.69, 9.17) is 4.74 Å². The molecule has 2 rings (SSSR count). The van der Waals surface area contributed by atoms with Gasteiger partial charge in [-0.15, -0.1) is 12.4 Å². The van der Waals surface area contributed by atoms with Crippen molar-refractivity contribution < 1.29 is 9.53 Å². The standard InChI is InChI=1S/C15H22N2O2.ClH/c1-19-14-6-2-4-12(8-14)9-15(18)17-11-13-5-3-7-16-10-13;/h2,4,6,8,13,16H,3,5,7,9-11H2,1H3,(H,17,18);1H. The normalized spacial score (nSPS) is 17.9. The molecule has 4 nitrogen and oxygen atoms in total. The summed E-state index contributed by atoms with van der Waals surface area (Å²) in [4.78, 5) is 11.9. The minimum absolute atomic E-state index is 0. The van der Waals surface area contributed by atoms with Crippen LogP contribution in [0.5, 0.6) is 5.75 Å². The molecule has 1 atom stereocenters. The molecule has 0 aromatic heterocycles. The van der Waals surface area contributed by atoms with Gasteiger partial charge < -0.3 is 15.4 Å². The van der Waals surface area contributed by atoms with Crippen LogP contribution in [0.3, 0.4) is 0 Å². The Hall–Kier alpha value is -1.26. The maximum absolute atomic E-state index is 11.9. The number of benzene rings is 1. The van der Waals surface area contributed by atoms with Crippen LogP contribution in [0.4, 0.5) is 0 Å². The molecule has 112 valence electrons.